The maximum atomic E-state index is 12.6. The molecule has 3 rings (SSSR count). The summed E-state index contributed by atoms with van der Waals surface area (Å²) < 4.78 is 32.6. The second kappa shape index (κ2) is 9.09. The van der Waals surface area contributed by atoms with Crippen LogP contribution in [-0.4, -0.2) is 31.4 Å². The lowest BCUT2D eigenvalue weighted by molar-refractivity contribution is 0.102. The molecule has 0 aliphatic carbocycles. The van der Waals surface area contributed by atoms with Crippen LogP contribution in [0.25, 0.3) is 0 Å². The first-order chi connectivity index (χ1) is 14.6. The summed E-state index contributed by atoms with van der Waals surface area (Å²) >= 11 is 12.1. The average molecular weight is 481 g/mol. The van der Waals surface area contributed by atoms with E-state index in [1.807, 2.05) is 0 Å². The molecule has 0 saturated heterocycles. The van der Waals surface area contributed by atoms with E-state index in [2.05, 4.69) is 20.0 Å². The van der Waals surface area contributed by atoms with E-state index in [4.69, 9.17) is 27.9 Å². The van der Waals surface area contributed by atoms with Crippen molar-refractivity contribution in [2.45, 2.75) is 18.7 Å². The molecular formula is C20H18Cl2N4O4S. The van der Waals surface area contributed by atoms with Crippen LogP contribution >= 0.6 is 23.2 Å². The largest absolute Gasteiger partial charge is 0.494 e. The Bertz CT molecular complexity index is 1210. The van der Waals surface area contributed by atoms with E-state index in [0.717, 1.165) is 0 Å². The van der Waals surface area contributed by atoms with Gasteiger partial charge in [0.05, 0.1) is 22.1 Å². The zero-order valence-corrected chi connectivity index (χ0v) is 19.1. The second-order valence-electron chi connectivity index (χ2n) is 6.53. The molecular weight excluding hydrogens is 463 g/mol. The molecule has 1 heterocycles. The van der Waals surface area contributed by atoms with Crippen LogP contribution in [0, 0.1) is 13.8 Å². The molecule has 0 fully saturated rings. The molecule has 3 aromatic rings. The normalized spacial score (nSPS) is 11.1. The summed E-state index contributed by atoms with van der Waals surface area (Å²) in [5, 5.41) is 3.05. The van der Waals surface area contributed by atoms with Gasteiger partial charge in [-0.3, -0.25) is 4.79 Å². The number of amides is 1. The van der Waals surface area contributed by atoms with Crippen LogP contribution in [0.5, 0.6) is 5.75 Å². The van der Waals surface area contributed by atoms with Crippen molar-refractivity contribution in [2.24, 2.45) is 0 Å². The molecule has 0 saturated carbocycles. The van der Waals surface area contributed by atoms with Crippen molar-refractivity contribution in [1.82, 2.24) is 9.97 Å². The molecule has 0 radical (unpaired) electrons. The van der Waals surface area contributed by atoms with Crippen LogP contribution in [0.3, 0.4) is 0 Å². The molecule has 0 aliphatic heterocycles. The minimum atomic E-state index is -3.90. The maximum absolute atomic E-state index is 12.6. The zero-order chi connectivity index (χ0) is 22.8. The Balaban J connectivity index is 1.76. The number of ether oxygens (including phenoxy) is 1. The number of sulfonamides is 1. The summed E-state index contributed by atoms with van der Waals surface area (Å²) in [7, 11) is -2.48. The van der Waals surface area contributed by atoms with Crippen molar-refractivity contribution in [3.8, 4) is 5.75 Å². The van der Waals surface area contributed by atoms with Gasteiger partial charge in [0, 0.05) is 22.6 Å². The Kier molecular flexibility index (Phi) is 6.68. The molecule has 162 valence electrons. The van der Waals surface area contributed by atoms with Gasteiger partial charge in [-0.25, -0.2) is 23.1 Å². The number of anilines is 2. The third-order valence-electron chi connectivity index (χ3n) is 4.10. The first-order valence-electron chi connectivity index (χ1n) is 8.88. The molecule has 11 heteroatoms. The summed E-state index contributed by atoms with van der Waals surface area (Å²) in [6.45, 7) is 3.49. The van der Waals surface area contributed by atoms with E-state index in [0.29, 0.717) is 17.1 Å². The van der Waals surface area contributed by atoms with E-state index in [1.165, 1.54) is 43.5 Å². The molecule has 0 spiro atoms. The number of aromatic nitrogens is 2. The number of halogens is 2. The Morgan fingerprint density at radius 3 is 2.03 bits per heavy atom. The number of benzene rings is 2. The zero-order valence-electron chi connectivity index (χ0n) is 16.7. The molecule has 0 bridgehead atoms. The van der Waals surface area contributed by atoms with Crippen LogP contribution in [-0.2, 0) is 10.0 Å². The van der Waals surface area contributed by atoms with Gasteiger partial charge in [-0.1, -0.05) is 23.2 Å². The van der Waals surface area contributed by atoms with Crippen LogP contribution in [0.15, 0.2) is 47.4 Å². The molecule has 2 aromatic carbocycles. The fourth-order valence-electron chi connectivity index (χ4n) is 2.76. The predicted molar refractivity (Wildman–Crippen MR) is 120 cm³/mol. The van der Waals surface area contributed by atoms with Gasteiger partial charge < -0.3 is 10.1 Å². The molecule has 0 unspecified atom stereocenters. The number of methoxy groups -OCH3 is 1. The van der Waals surface area contributed by atoms with Gasteiger partial charge in [0.1, 0.15) is 0 Å². The number of rotatable bonds is 6. The Morgan fingerprint density at radius 1 is 0.968 bits per heavy atom. The number of nitrogens with zero attached hydrogens (tertiary/aromatic N) is 2. The highest BCUT2D eigenvalue weighted by Crippen LogP contribution is 2.34. The maximum Gasteiger partial charge on any atom is 0.264 e. The summed E-state index contributed by atoms with van der Waals surface area (Å²) in [5.74, 6) is -0.207. The average Bonchev–Trinajstić information content (AvgIpc) is 2.67. The van der Waals surface area contributed by atoms with E-state index in [-0.39, 0.29) is 32.2 Å². The van der Waals surface area contributed by atoms with Gasteiger partial charge in [-0.05, 0) is 56.3 Å². The monoisotopic (exact) mass is 480 g/mol. The molecule has 1 aromatic heterocycles. The summed E-state index contributed by atoms with van der Waals surface area (Å²) in [5.41, 5.74) is 1.89. The van der Waals surface area contributed by atoms with Gasteiger partial charge in [-0.2, -0.15) is 0 Å². The SMILES string of the molecule is COc1c(Cl)cc(C(=O)Nc2ccc(S(=O)(=O)Nc3nc(C)cc(C)n3)cc2)cc1Cl. The molecule has 8 nitrogen and oxygen atoms in total. The molecule has 1 amide bonds. The minimum Gasteiger partial charge on any atom is -0.494 e. The van der Waals surface area contributed by atoms with Crippen LogP contribution < -0.4 is 14.8 Å². The minimum absolute atomic E-state index is 0.0104. The van der Waals surface area contributed by atoms with Gasteiger partial charge in [0.2, 0.25) is 5.95 Å². The standard InChI is InChI=1S/C20H18Cl2N4O4S/c1-11-8-12(2)24-20(23-11)26-31(28,29)15-6-4-14(5-7-15)25-19(27)13-9-16(21)18(30-3)17(22)10-13/h4-10H,1-3H3,(H,25,27)(H,23,24,26). The number of nitrogens with one attached hydrogen (secondary N) is 2. The van der Waals surface area contributed by atoms with Crippen LogP contribution in [0.4, 0.5) is 11.6 Å². The highest BCUT2D eigenvalue weighted by molar-refractivity contribution is 7.92. The molecule has 2 N–H and O–H groups in total. The third-order valence-corrected chi connectivity index (χ3v) is 6.00. The smallest absolute Gasteiger partial charge is 0.264 e. The van der Waals surface area contributed by atoms with E-state index >= 15 is 0 Å². The lowest BCUT2D eigenvalue weighted by Gasteiger charge is -2.11. The third kappa shape index (κ3) is 5.43. The van der Waals surface area contributed by atoms with E-state index in [1.54, 1.807) is 19.9 Å². The van der Waals surface area contributed by atoms with Gasteiger partial charge >= 0.3 is 0 Å². The van der Waals surface area contributed by atoms with Crippen molar-refractivity contribution >= 4 is 50.8 Å². The Labute approximate surface area is 189 Å². The predicted octanol–water partition coefficient (Wildman–Crippen LogP) is 4.46. The number of carbonyl (C=O) groups is 1. The number of aryl methyl sites for hydroxylation is 2. The van der Waals surface area contributed by atoms with Crippen molar-refractivity contribution < 1.29 is 17.9 Å². The quantitative estimate of drug-likeness (QED) is 0.538. The number of hydrogen-bond donors (Lipinski definition) is 2. The lowest BCUT2D eigenvalue weighted by atomic mass is 10.2. The van der Waals surface area contributed by atoms with Crippen LogP contribution in [0.1, 0.15) is 21.7 Å². The van der Waals surface area contributed by atoms with Crippen molar-refractivity contribution in [1.29, 1.82) is 0 Å². The van der Waals surface area contributed by atoms with Crippen molar-refractivity contribution in [3.63, 3.8) is 0 Å². The molecule has 0 atom stereocenters. The summed E-state index contributed by atoms with van der Waals surface area (Å²) in [6, 6.07) is 10.2. The van der Waals surface area contributed by atoms with E-state index in [9.17, 15) is 13.2 Å². The second-order valence-corrected chi connectivity index (χ2v) is 9.03. The van der Waals surface area contributed by atoms with Crippen molar-refractivity contribution in [2.75, 3.05) is 17.1 Å². The molecule has 31 heavy (non-hydrogen) atoms. The first-order valence-corrected chi connectivity index (χ1v) is 11.1. The fraction of sp³-hybridized carbons (Fsp3) is 0.150. The van der Waals surface area contributed by atoms with Crippen LogP contribution in [0.2, 0.25) is 10.0 Å². The van der Waals surface area contributed by atoms with Gasteiger partial charge in [0.25, 0.3) is 15.9 Å². The molecule has 0 aliphatic rings. The fourth-order valence-corrected chi connectivity index (χ4v) is 4.34. The number of carbonyl (C=O) groups excluding carboxylic acids is 1. The Morgan fingerprint density at radius 2 is 1.52 bits per heavy atom. The summed E-state index contributed by atoms with van der Waals surface area (Å²) in [4.78, 5) is 20.6. The highest BCUT2D eigenvalue weighted by Gasteiger charge is 2.17. The first kappa shape index (κ1) is 22.8. The lowest BCUT2D eigenvalue weighted by Crippen LogP contribution is -2.16. The van der Waals surface area contributed by atoms with Crippen molar-refractivity contribution in [3.05, 3.63) is 69.5 Å². The Hall–Kier alpha value is -2.88. The highest BCUT2D eigenvalue weighted by atomic mass is 35.5. The number of hydrogen-bond acceptors (Lipinski definition) is 6. The van der Waals surface area contributed by atoms with Gasteiger partial charge in [-0.15, -0.1) is 0 Å². The summed E-state index contributed by atoms with van der Waals surface area (Å²) in [6.07, 6.45) is 0. The van der Waals surface area contributed by atoms with Gasteiger partial charge in [0.15, 0.2) is 5.75 Å². The van der Waals surface area contributed by atoms with E-state index < -0.39 is 15.9 Å². The topological polar surface area (TPSA) is 110 Å².